The Bertz CT molecular complexity index is 618. The number of aryl methyl sites for hydroxylation is 1. The van der Waals surface area contributed by atoms with Crippen LogP contribution in [0.4, 0.5) is 0 Å². The Labute approximate surface area is 132 Å². The predicted molar refractivity (Wildman–Crippen MR) is 89.5 cm³/mol. The van der Waals surface area contributed by atoms with Gasteiger partial charge in [-0.15, -0.1) is 0 Å². The molecule has 2 atom stereocenters. The van der Waals surface area contributed by atoms with Crippen LogP contribution in [0, 0.1) is 6.92 Å². The quantitative estimate of drug-likeness (QED) is 0.841. The Morgan fingerprint density at radius 1 is 1.09 bits per heavy atom. The standard InChI is InChI=1S/C20H23NO/c1-16-7-9-18(10-8-16)20(22)12-14-21-13-11-19(15-21)17-5-3-2-4-6-17/h2-10,19H,11-15H2,1H3/p+1/t19-/m1/s1. The van der Waals surface area contributed by atoms with E-state index in [-0.39, 0.29) is 5.78 Å². The van der Waals surface area contributed by atoms with Crippen LogP contribution in [0.5, 0.6) is 0 Å². The van der Waals surface area contributed by atoms with Gasteiger partial charge in [-0.2, -0.15) is 0 Å². The number of carbonyl (C=O) groups is 1. The number of ketones is 1. The van der Waals surface area contributed by atoms with E-state index in [1.807, 2.05) is 31.2 Å². The first-order valence-corrected chi connectivity index (χ1v) is 8.21. The van der Waals surface area contributed by atoms with Crippen molar-refractivity contribution >= 4 is 5.78 Å². The lowest BCUT2D eigenvalue weighted by Crippen LogP contribution is -3.10. The second-order valence-corrected chi connectivity index (χ2v) is 6.39. The Kier molecular flexibility index (Phi) is 4.69. The normalized spacial score (nSPS) is 21.0. The number of benzene rings is 2. The molecule has 1 saturated heterocycles. The van der Waals surface area contributed by atoms with Crippen molar-refractivity contribution in [2.24, 2.45) is 0 Å². The Hall–Kier alpha value is -1.93. The lowest BCUT2D eigenvalue weighted by atomic mass is 9.99. The molecule has 1 heterocycles. The fourth-order valence-electron chi connectivity index (χ4n) is 3.34. The zero-order valence-electron chi connectivity index (χ0n) is 13.2. The molecule has 2 aromatic carbocycles. The van der Waals surface area contributed by atoms with Gasteiger partial charge in [0.05, 0.1) is 26.1 Å². The van der Waals surface area contributed by atoms with E-state index in [4.69, 9.17) is 0 Å². The third-order valence-electron chi connectivity index (χ3n) is 4.73. The molecule has 0 saturated carbocycles. The van der Waals surface area contributed by atoms with Crippen LogP contribution >= 0.6 is 0 Å². The first kappa shape index (κ1) is 15.0. The van der Waals surface area contributed by atoms with Crippen LogP contribution in [-0.4, -0.2) is 25.4 Å². The van der Waals surface area contributed by atoms with E-state index in [1.54, 1.807) is 4.90 Å². The molecule has 2 heteroatoms. The highest BCUT2D eigenvalue weighted by Crippen LogP contribution is 2.19. The van der Waals surface area contributed by atoms with Crippen LogP contribution in [0.15, 0.2) is 54.6 Å². The first-order chi connectivity index (χ1) is 10.7. The zero-order valence-corrected chi connectivity index (χ0v) is 13.2. The third kappa shape index (κ3) is 3.63. The molecule has 2 aromatic rings. The molecule has 1 fully saturated rings. The minimum absolute atomic E-state index is 0.274. The molecule has 0 spiro atoms. The molecular formula is C20H24NO+. The number of quaternary nitrogens is 1. The van der Waals surface area contributed by atoms with E-state index in [1.165, 1.54) is 24.1 Å². The second kappa shape index (κ2) is 6.89. The van der Waals surface area contributed by atoms with Crippen LogP contribution in [0.3, 0.4) is 0 Å². The fourth-order valence-corrected chi connectivity index (χ4v) is 3.34. The number of hydrogen-bond donors (Lipinski definition) is 1. The molecule has 0 amide bonds. The van der Waals surface area contributed by atoms with Crippen molar-refractivity contribution in [2.45, 2.75) is 25.7 Å². The molecule has 3 rings (SSSR count). The summed E-state index contributed by atoms with van der Waals surface area (Å²) in [6, 6.07) is 18.7. The summed E-state index contributed by atoms with van der Waals surface area (Å²) >= 11 is 0. The van der Waals surface area contributed by atoms with Crippen molar-refractivity contribution in [1.82, 2.24) is 0 Å². The lowest BCUT2D eigenvalue weighted by Gasteiger charge is -2.13. The van der Waals surface area contributed by atoms with E-state index in [9.17, 15) is 4.79 Å². The average Bonchev–Trinajstić information content (AvgIpc) is 3.03. The van der Waals surface area contributed by atoms with Crippen molar-refractivity contribution in [3.63, 3.8) is 0 Å². The third-order valence-corrected chi connectivity index (χ3v) is 4.73. The van der Waals surface area contributed by atoms with Crippen molar-refractivity contribution in [1.29, 1.82) is 0 Å². The highest BCUT2D eigenvalue weighted by molar-refractivity contribution is 5.96. The summed E-state index contributed by atoms with van der Waals surface area (Å²) in [5, 5.41) is 0. The van der Waals surface area contributed by atoms with Gasteiger partial charge in [-0.05, 0) is 12.5 Å². The maximum absolute atomic E-state index is 12.3. The lowest BCUT2D eigenvalue weighted by molar-refractivity contribution is -0.887. The summed E-state index contributed by atoms with van der Waals surface area (Å²) in [5.74, 6) is 0.932. The maximum Gasteiger partial charge on any atom is 0.168 e. The van der Waals surface area contributed by atoms with E-state index >= 15 is 0 Å². The van der Waals surface area contributed by atoms with E-state index < -0.39 is 0 Å². The highest BCUT2D eigenvalue weighted by atomic mass is 16.1. The van der Waals surface area contributed by atoms with Crippen molar-refractivity contribution in [3.8, 4) is 0 Å². The molecule has 22 heavy (non-hydrogen) atoms. The summed E-state index contributed by atoms with van der Waals surface area (Å²) in [7, 11) is 0. The van der Waals surface area contributed by atoms with Crippen LogP contribution in [0.2, 0.25) is 0 Å². The number of likely N-dealkylation sites (tertiary alicyclic amines) is 1. The van der Waals surface area contributed by atoms with Crippen molar-refractivity contribution in [3.05, 3.63) is 71.3 Å². The van der Waals surface area contributed by atoms with Gasteiger partial charge in [0.15, 0.2) is 5.78 Å². The van der Waals surface area contributed by atoms with Gasteiger partial charge in [-0.25, -0.2) is 0 Å². The van der Waals surface area contributed by atoms with Gasteiger partial charge >= 0.3 is 0 Å². The summed E-state index contributed by atoms with van der Waals surface area (Å²) < 4.78 is 0. The summed E-state index contributed by atoms with van der Waals surface area (Å²) in [4.78, 5) is 13.8. The van der Waals surface area contributed by atoms with Gasteiger partial charge in [0, 0.05) is 17.9 Å². The molecule has 1 aliphatic heterocycles. The van der Waals surface area contributed by atoms with E-state index in [0.717, 1.165) is 18.7 Å². The van der Waals surface area contributed by atoms with Crippen molar-refractivity contribution < 1.29 is 9.69 Å². The molecule has 1 aliphatic rings. The number of carbonyl (C=O) groups excluding carboxylic acids is 1. The maximum atomic E-state index is 12.3. The molecule has 1 N–H and O–H groups in total. The topological polar surface area (TPSA) is 21.5 Å². The number of hydrogen-bond acceptors (Lipinski definition) is 1. The van der Waals surface area contributed by atoms with Crippen LogP contribution in [-0.2, 0) is 0 Å². The second-order valence-electron chi connectivity index (χ2n) is 6.39. The summed E-state index contributed by atoms with van der Waals surface area (Å²) in [6.07, 6.45) is 1.89. The smallest absolute Gasteiger partial charge is 0.168 e. The molecule has 1 unspecified atom stereocenters. The van der Waals surface area contributed by atoms with Crippen LogP contribution in [0.25, 0.3) is 0 Å². The first-order valence-electron chi connectivity index (χ1n) is 8.21. The van der Waals surface area contributed by atoms with Gasteiger partial charge in [-0.3, -0.25) is 4.79 Å². The number of rotatable bonds is 5. The van der Waals surface area contributed by atoms with Gasteiger partial charge in [0.1, 0.15) is 0 Å². The van der Waals surface area contributed by atoms with Gasteiger partial charge in [0.25, 0.3) is 0 Å². The van der Waals surface area contributed by atoms with Crippen molar-refractivity contribution in [2.75, 3.05) is 19.6 Å². The van der Waals surface area contributed by atoms with Gasteiger partial charge < -0.3 is 4.90 Å². The van der Waals surface area contributed by atoms with Crippen LogP contribution < -0.4 is 4.90 Å². The summed E-state index contributed by atoms with van der Waals surface area (Å²) in [6.45, 7) is 5.34. The Morgan fingerprint density at radius 3 is 2.55 bits per heavy atom. The molecule has 2 nitrogen and oxygen atoms in total. The minimum Gasteiger partial charge on any atom is -0.334 e. The minimum atomic E-state index is 0.274. The molecule has 0 bridgehead atoms. The zero-order chi connectivity index (χ0) is 15.4. The van der Waals surface area contributed by atoms with Crippen LogP contribution in [0.1, 0.15) is 40.2 Å². The largest absolute Gasteiger partial charge is 0.334 e. The molecular weight excluding hydrogens is 270 g/mol. The number of nitrogens with one attached hydrogen (secondary N) is 1. The monoisotopic (exact) mass is 294 g/mol. The average molecular weight is 294 g/mol. The molecule has 0 radical (unpaired) electrons. The highest BCUT2D eigenvalue weighted by Gasteiger charge is 2.27. The summed E-state index contributed by atoms with van der Waals surface area (Å²) in [5.41, 5.74) is 3.50. The fraction of sp³-hybridized carbons (Fsp3) is 0.350. The predicted octanol–water partition coefficient (Wildman–Crippen LogP) is 2.64. The molecule has 0 aliphatic carbocycles. The Balaban J connectivity index is 1.50. The van der Waals surface area contributed by atoms with E-state index in [0.29, 0.717) is 12.3 Å². The Morgan fingerprint density at radius 2 is 1.82 bits per heavy atom. The number of Topliss-reactive ketones (excluding diaryl/α,β-unsaturated/α-hetero) is 1. The molecule has 114 valence electrons. The SMILES string of the molecule is Cc1ccc(C(=O)CC[NH+]2CC[C@@H](c3ccccc3)C2)cc1. The van der Waals surface area contributed by atoms with Gasteiger partial charge in [0.2, 0.25) is 0 Å². The van der Waals surface area contributed by atoms with E-state index in [2.05, 4.69) is 30.3 Å². The molecule has 0 aromatic heterocycles. The van der Waals surface area contributed by atoms with Gasteiger partial charge in [-0.1, -0.05) is 60.2 Å².